The van der Waals surface area contributed by atoms with Gasteiger partial charge < -0.3 is 18.6 Å². The van der Waals surface area contributed by atoms with E-state index < -0.39 is 12.0 Å². The van der Waals surface area contributed by atoms with E-state index in [1.807, 2.05) is 0 Å². The Morgan fingerprint density at radius 2 is 1.95 bits per heavy atom. The van der Waals surface area contributed by atoms with Gasteiger partial charge in [-0.3, -0.25) is 9.36 Å². The molecule has 1 atom stereocenters. The number of thiazole rings is 1. The standard InChI is InChI=1S/C27H23BrN4O6S2/c1-5-37-24(34)21-14(2)31-27-32(22(21)15-7-8-18(35-3)19(11-15)36-4)23(33)20(39-27)13-16-12-17(28)25(38-16)40-26-29-9-6-10-30-26/h6-13,22H,5H2,1-4H3/b20-13+/t22-/m0/s1. The lowest BCUT2D eigenvalue weighted by Gasteiger charge is -2.25. The molecule has 4 heterocycles. The number of carbonyl (C=O) groups excluding carboxylic acids is 1. The summed E-state index contributed by atoms with van der Waals surface area (Å²) < 4.78 is 24.8. The summed E-state index contributed by atoms with van der Waals surface area (Å²) in [6.07, 6.45) is 4.95. The van der Waals surface area contributed by atoms with Crippen molar-refractivity contribution >= 4 is 51.1 Å². The van der Waals surface area contributed by atoms with Crippen molar-refractivity contribution in [2.24, 2.45) is 4.99 Å². The Labute approximate surface area is 245 Å². The van der Waals surface area contributed by atoms with Crippen molar-refractivity contribution in [3.8, 4) is 11.5 Å². The van der Waals surface area contributed by atoms with Gasteiger partial charge in [-0.2, -0.15) is 0 Å². The molecule has 5 rings (SSSR count). The lowest BCUT2D eigenvalue weighted by molar-refractivity contribution is -0.139. The van der Waals surface area contributed by atoms with Gasteiger partial charge in [0.25, 0.3) is 5.56 Å². The van der Waals surface area contributed by atoms with Crippen LogP contribution in [0.3, 0.4) is 0 Å². The molecular formula is C27H23BrN4O6S2. The highest BCUT2D eigenvalue weighted by Gasteiger charge is 2.34. The molecule has 1 aliphatic rings. The number of halogens is 1. The van der Waals surface area contributed by atoms with Crippen molar-refractivity contribution in [2.45, 2.75) is 30.1 Å². The molecule has 4 aromatic rings. The molecule has 0 N–H and O–H groups in total. The van der Waals surface area contributed by atoms with Crippen LogP contribution in [0.5, 0.6) is 11.5 Å². The summed E-state index contributed by atoms with van der Waals surface area (Å²) in [4.78, 5) is 40.5. The van der Waals surface area contributed by atoms with E-state index in [9.17, 15) is 9.59 Å². The number of ether oxygens (including phenoxy) is 3. The van der Waals surface area contributed by atoms with E-state index in [0.717, 1.165) is 0 Å². The number of carbonyl (C=O) groups is 1. The summed E-state index contributed by atoms with van der Waals surface area (Å²) in [7, 11) is 3.07. The number of furan rings is 1. The number of fused-ring (bicyclic) bond motifs is 1. The Morgan fingerprint density at radius 1 is 1.20 bits per heavy atom. The van der Waals surface area contributed by atoms with Gasteiger partial charge >= 0.3 is 5.97 Å². The Kier molecular flexibility index (Phi) is 8.24. The first kappa shape index (κ1) is 27.9. The van der Waals surface area contributed by atoms with Gasteiger partial charge in [0, 0.05) is 18.5 Å². The quantitative estimate of drug-likeness (QED) is 0.207. The van der Waals surface area contributed by atoms with Crippen molar-refractivity contribution in [3.63, 3.8) is 0 Å². The first-order valence-corrected chi connectivity index (χ1v) is 14.4. The minimum absolute atomic E-state index is 0.181. The van der Waals surface area contributed by atoms with Crippen LogP contribution in [0.2, 0.25) is 0 Å². The Morgan fingerprint density at radius 3 is 2.65 bits per heavy atom. The van der Waals surface area contributed by atoms with Gasteiger partial charge in [-0.1, -0.05) is 17.4 Å². The van der Waals surface area contributed by atoms with E-state index in [2.05, 4.69) is 30.9 Å². The van der Waals surface area contributed by atoms with Crippen molar-refractivity contribution in [1.82, 2.24) is 14.5 Å². The number of allylic oxidation sites excluding steroid dienone is 1. The van der Waals surface area contributed by atoms with Crippen LogP contribution in [0.25, 0.3) is 6.08 Å². The minimum Gasteiger partial charge on any atom is -0.493 e. The molecule has 10 nitrogen and oxygen atoms in total. The highest BCUT2D eigenvalue weighted by Crippen LogP contribution is 2.36. The van der Waals surface area contributed by atoms with Crippen LogP contribution in [-0.2, 0) is 9.53 Å². The largest absolute Gasteiger partial charge is 0.493 e. The SMILES string of the molecule is CCOC(=O)C1=C(C)N=c2s/c(=C/c3cc(Br)c(Sc4ncccn4)o3)c(=O)n2[C@H]1c1ccc(OC)c(OC)c1. The Bertz CT molecular complexity index is 1800. The monoisotopic (exact) mass is 642 g/mol. The van der Waals surface area contributed by atoms with Crippen LogP contribution in [0.15, 0.2) is 82.9 Å². The lowest BCUT2D eigenvalue weighted by Crippen LogP contribution is -2.39. The van der Waals surface area contributed by atoms with E-state index in [1.54, 1.807) is 69.8 Å². The predicted molar refractivity (Wildman–Crippen MR) is 153 cm³/mol. The molecule has 0 fully saturated rings. The van der Waals surface area contributed by atoms with Crippen LogP contribution < -0.4 is 24.4 Å². The van der Waals surface area contributed by atoms with Crippen LogP contribution in [-0.4, -0.2) is 41.3 Å². The summed E-state index contributed by atoms with van der Waals surface area (Å²) in [5.41, 5.74) is 1.06. The minimum atomic E-state index is -0.790. The average molecular weight is 644 g/mol. The molecule has 13 heteroatoms. The molecule has 0 unspecified atom stereocenters. The predicted octanol–water partition coefficient (Wildman–Crippen LogP) is 4.11. The molecule has 1 aliphatic heterocycles. The van der Waals surface area contributed by atoms with Crippen LogP contribution in [0.1, 0.15) is 31.2 Å². The van der Waals surface area contributed by atoms with Gasteiger partial charge in [0.1, 0.15) is 5.76 Å². The first-order chi connectivity index (χ1) is 19.3. The molecule has 0 saturated carbocycles. The van der Waals surface area contributed by atoms with E-state index in [0.29, 0.717) is 52.6 Å². The molecule has 0 radical (unpaired) electrons. The zero-order chi connectivity index (χ0) is 28.4. The highest BCUT2D eigenvalue weighted by molar-refractivity contribution is 9.10. The fraction of sp³-hybridized carbons (Fsp3) is 0.222. The van der Waals surface area contributed by atoms with Gasteiger partial charge in [-0.05, 0) is 71.4 Å². The molecule has 0 bridgehead atoms. The molecule has 0 spiro atoms. The van der Waals surface area contributed by atoms with E-state index in [1.165, 1.54) is 34.8 Å². The van der Waals surface area contributed by atoms with E-state index >= 15 is 0 Å². The van der Waals surface area contributed by atoms with Gasteiger partial charge in [0.2, 0.25) is 0 Å². The maximum absolute atomic E-state index is 13.9. The second-order valence-electron chi connectivity index (χ2n) is 8.33. The number of benzene rings is 1. The van der Waals surface area contributed by atoms with Crippen LogP contribution in [0.4, 0.5) is 0 Å². The number of nitrogens with zero attached hydrogens (tertiary/aromatic N) is 4. The summed E-state index contributed by atoms with van der Waals surface area (Å²) in [5.74, 6) is 0.903. The van der Waals surface area contributed by atoms with Gasteiger partial charge in [0.05, 0.1) is 47.1 Å². The third-order valence-electron chi connectivity index (χ3n) is 5.91. The van der Waals surface area contributed by atoms with Crippen LogP contribution in [0, 0.1) is 0 Å². The fourth-order valence-electron chi connectivity index (χ4n) is 4.19. The van der Waals surface area contributed by atoms with Crippen molar-refractivity contribution in [1.29, 1.82) is 0 Å². The van der Waals surface area contributed by atoms with E-state index in [-0.39, 0.29) is 17.7 Å². The van der Waals surface area contributed by atoms with E-state index in [4.69, 9.17) is 18.6 Å². The maximum Gasteiger partial charge on any atom is 0.338 e. The molecule has 1 aromatic carbocycles. The number of esters is 1. The van der Waals surface area contributed by atoms with Crippen LogP contribution >= 0.6 is 39.0 Å². The zero-order valence-electron chi connectivity index (χ0n) is 21.8. The summed E-state index contributed by atoms with van der Waals surface area (Å²) >= 11 is 5.96. The summed E-state index contributed by atoms with van der Waals surface area (Å²) in [6.45, 7) is 3.64. The molecule has 206 valence electrons. The number of methoxy groups -OCH3 is 2. The summed E-state index contributed by atoms with van der Waals surface area (Å²) in [5, 5.41) is 1.08. The van der Waals surface area contributed by atoms with Gasteiger partial charge in [-0.15, -0.1) is 0 Å². The topological polar surface area (TPSA) is 118 Å². The molecule has 0 aliphatic carbocycles. The second-order valence-corrected chi connectivity index (χ2v) is 11.1. The number of aromatic nitrogens is 3. The zero-order valence-corrected chi connectivity index (χ0v) is 25.1. The third kappa shape index (κ3) is 5.36. The van der Waals surface area contributed by atoms with Gasteiger partial charge in [0.15, 0.2) is 26.5 Å². The average Bonchev–Trinajstić information content (AvgIpc) is 3.45. The normalized spacial score (nSPS) is 15.0. The fourth-order valence-corrected chi connectivity index (χ4v) is 6.45. The maximum atomic E-state index is 13.9. The molecular weight excluding hydrogens is 620 g/mol. The lowest BCUT2D eigenvalue weighted by atomic mass is 9.95. The molecule has 3 aromatic heterocycles. The molecule has 0 saturated heterocycles. The summed E-state index contributed by atoms with van der Waals surface area (Å²) in [6, 6.07) is 7.98. The number of hydrogen-bond donors (Lipinski definition) is 0. The second kappa shape index (κ2) is 11.8. The number of rotatable bonds is 8. The van der Waals surface area contributed by atoms with Crippen molar-refractivity contribution in [2.75, 3.05) is 20.8 Å². The van der Waals surface area contributed by atoms with Gasteiger partial charge in [-0.25, -0.2) is 19.8 Å². The molecule has 40 heavy (non-hydrogen) atoms. The first-order valence-electron chi connectivity index (χ1n) is 12.0. The third-order valence-corrected chi connectivity index (χ3v) is 8.63. The molecule has 0 amide bonds. The van der Waals surface area contributed by atoms with Crippen molar-refractivity contribution < 1.29 is 23.4 Å². The number of hydrogen-bond acceptors (Lipinski definition) is 11. The Hall–Kier alpha value is -3.68. The highest BCUT2D eigenvalue weighted by atomic mass is 79.9. The Balaban J connectivity index is 1.63. The van der Waals surface area contributed by atoms with Crippen molar-refractivity contribution in [3.05, 3.63) is 89.5 Å². The smallest absolute Gasteiger partial charge is 0.338 e.